The van der Waals surface area contributed by atoms with E-state index in [0.29, 0.717) is 48.1 Å². The van der Waals surface area contributed by atoms with E-state index in [2.05, 4.69) is 33.0 Å². The zero-order valence-electron chi connectivity index (χ0n) is 26.9. The van der Waals surface area contributed by atoms with Crippen LogP contribution in [0, 0.1) is 0 Å². The summed E-state index contributed by atoms with van der Waals surface area (Å²) >= 11 is 0. The summed E-state index contributed by atoms with van der Waals surface area (Å²) in [6, 6.07) is 32.5. The summed E-state index contributed by atoms with van der Waals surface area (Å²) in [7, 11) is 1.59. The molecule has 0 bridgehead atoms. The van der Waals surface area contributed by atoms with Gasteiger partial charge in [0.25, 0.3) is 5.91 Å². The van der Waals surface area contributed by atoms with E-state index in [9.17, 15) is 4.79 Å². The van der Waals surface area contributed by atoms with Crippen LogP contribution in [0.4, 0.5) is 0 Å². The molecule has 48 heavy (non-hydrogen) atoms. The molecule has 1 aliphatic heterocycles. The third kappa shape index (κ3) is 8.51. The topological polar surface area (TPSA) is 150 Å². The quantitative estimate of drug-likeness (QED) is 0.0419. The molecule has 0 saturated heterocycles. The van der Waals surface area contributed by atoms with Gasteiger partial charge in [-0.3, -0.25) is 10.2 Å². The molecular weight excluding hydrogens is 608 g/mol. The Hall–Kier alpha value is -5.35. The first-order chi connectivity index (χ1) is 23.6. The van der Waals surface area contributed by atoms with E-state index < -0.39 is 11.6 Å². The van der Waals surface area contributed by atoms with Crippen LogP contribution in [-0.4, -0.2) is 49.3 Å². The van der Waals surface area contributed by atoms with Crippen LogP contribution in [-0.2, 0) is 28.9 Å². The van der Waals surface area contributed by atoms with Gasteiger partial charge >= 0.3 is 0 Å². The lowest BCUT2D eigenvalue weighted by atomic mass is 9.81. The number of hydrogen-bond acceptors (Lipinski definition) is 8. The number of benzene rings is 4. The molecule has 3 N–H and O–H groups in total. The molecular formula is C37H40N6O5. The number of azide groups is 1. The maximum atomic E-state index is 14.5. The molecule has 1 amide bonds. The Bertz CT molecular complexity index is 1730. The molecule has 11 nitrogen and oxygen atoms in total. The van der Waals surface area contributed by atoms with Crippen LogP contribution in [0.2, 0.25) is 0 Å². The third-order valence-electron chi connectivity index (χ3n) is 8.12. The minimum absolute atomic E-state index is 0.0480. The molecule has 0 aromatic heterocycles. The lowest BCUT2D eigenvalue weighted by Gasteiger charge is -2.31. The van der Waals surface area contributed by atoms with Gasteiger partial charge in [-0.05, 0) is 77.0 Å². The number of nitrogens with one attached hydrogen (secondary N) is 2. The molecule has 248 valence electrons. The van der Waals surface area contributed by atoms with Gasteiger partial charge in [0.2, 0.25) is 5.90 Å². The Morgan fingerprint density at radius 3 is 2.50 bits per heavy atom. The highest BCUT2D eigenvalue weighted by Crippen LogP contribution is 2.43. The maximum Gasteiger partial charge on any atom is 0.266 e. The number of amides is 1. The van der Waals surface area contributed by atoms with Crippen LogP contribution in [0.3, 0.4) is 0 Å². The van der Waals surface area contributed by atoms with Crippen molar-refractivity contribution in [2.45, 2.75) is 43.9 Å². The predicted octanol–water partition coefficient (Wildman–Crippen LogP) is 6.02. The van der Waals surface area contributed by atoms with Gasteiger partial charge in [-0.2, -0.15) is 0 Å². The minimum atomic E-state index is -1.46. The van der Waals surface area contributed by atoms with Gasteiger partial charge in [0, 0.05) is 36.5 Å². The standard InChI is InChI=1S/C37H40N6O5/c1-46-33-16-7-15-29(24-33)34-37(25-30-13-5-6-14-31(30)26-40-43-38,36(45)42-39-21-8-12-27-10-3-2-4-11-27)41-35(48-34)28-17-19-32(20-18-28)47-23-9-22-44/h2-7,10-11,13-20,24,34,39,44H,8-9,12,21-23,25-26H2,1H3,(H,42,45)/t34-,37-/m0/s1. The highest BCUT2D eigenvalue weighted by molar-refractivity contribution is 6.01. The van der Waals surface area contributed by atoms with E-state index >= 15 is 0 Å². The number of aliphatic hydroxyl groups is 1. The van der Waals surface area contributed by atoms with E-state index in [-0.39, 0.29) is 25.5 Å². The molecule has 4 aromatic carbocycles. The number of methoxy groups -OCH3 is 1. The summed E-state index contributed by atoms with van der Waals surface area (Å²) in [5.41, 5.74) is 17.8. The number of ether oxygens (including phenoxy) is 3. The van der Waals surface area contributed by atoms with Gasteiger partial charge in [-0.25, -0.2) is 10.4 Å². The first-order valence-corrected chi connectivity index (χ1v) is 16.0. The summed E-state index contributed by atoms with van der Waals surface area (Å²) in [6.07, 6.45) is 1.53. The summed E-state index contributed by atoms with van der Waals surface area (Å²) in [4.78, 5) is 22.6. The van der Waals surface area contributed by atoms with Crippen molar-refractivity contribution in [2.24, 2.45) is 10.1 Å². The van der Waals surface area contributed by atoms with Crippen LogP contribution >= 0.6 is 0 Å². The van der Waals surface area contributed by atoms with Crippen molar-refractivity contribution in [1.29, 1.82) is 0 Å². The van der Waals surface area contributed by atoms with Crippen LogP contribution in [0.5, 0.6) is 11.5 Å². The zero-order valence-corrected chi connectivity index (χ0v) is 26.9. The number of hydrazine groups is 1. The number of aliphatic hydroxyl groups excluding tert-OH is 1. The van der Waals surface area contributed by atoms with E-state index in [1.54, 1.807) is 7.11 Å². The smallest absolute Gasteiger partial charge is 0.266 e. The number of aryl methyl sites for hydroxylation is 1. The highest BCUT2D eigenvalue weighted by Gasteiger charge is 2.53. The molecule has 0 aliphatic carbocycles. The number of hydrogen-bond donors (Lipinski definition) is 3. The van der Waals surface area contributed by atoms with Crippen molar-refractivity contribution in [3.05, 3.63) is 141 Å². The van der Waals surface area contributed by atoms with Crippen LogP contribution < -0.4 is 20.3 Å². The molecule has 0 radical (unpaired) electrons. The Labute approximate surface area is 280 Å². The Kier molecular flexibility index (Phi) is 12.0. The van der Waals surface area contributed by atoms with E-state index in [0.717, 1.165) is 24.0 Å². The second-order valence-corrected chi connectivity index (χ2v) is 11.4. The SMILES string of the molecule is COc1cccc([C@@H]2OC(c3ccc(OCCCO)cc3)=N[C@]2(Cc2ccccc2CN=[N+]=[N-])C(=O)NNCCCc2ccccc2)c1. The van der Waals surface area contributed by atoms with Crippen molar-refractivity contribution >= 4 is 11.8 Å². The summed E-state index contributed by atoms with van der Waals surface area (Å²) in [6.45, 7) is 1.11. The average Bonchev–Trinajstić information content (AvgIpc) is 3.52. The molecule has 0 unspecified atom stereocenters. The molecule has 5 rings (SSSR count). The number of rotatable bonds is 17. The van der Waals surface area contributed by atoms with E-state index in [1.807, 2.05) is 91.0 Å². The minimum Gasteiger partial charge on any atom is -0.497 e. The Morgan fingerprint density at radius 1 is 0.979 bits per heavy atom. The fourth-order valence-electron chi connectivity index (χ4n) is 5.65. The Morgan fingerprint density at radius 2 is 1.75 bits per heavy atom. The van der Waals surface area contributed by atoms with E-state index in [4.69, 9.17) is 29.8 Å². The Balaban J connectivity index is 1.51. The molecule has 11 heteroatoms. The van der Waals surface area contributed by atoms with Gasteiger partial charge in [0.1, 0.15) is 11.5 Å². The largest absolute Gasteiger partial charge is 0.497 e. The monoisotopic (exact) mass is 648 g/mol. The molecule has 0 spiro atoms. The molecule has 0 saturated carbocycles. The molecule has 1 aliphatic rings. The summed E-state index contributed by atoms with van der Waals surface area (Å²) in [5.74, 6) is 1.20. The molecule has 2 atom stereocenters. The van der Waals surface area contributed by atoms with Crippen LogP contribution in [0.1, 0.15) is 46.8 Å². The fraction of sp³-hybridized carbons (Fsp3) is 0.297. The zero-order chi connectivity index (χ0) is 33.6. The lowest BCUT2D eigenvalue weighted by Crippen LogP contribution is -2.54. The average molecular weight is 649 g/mol. The van der Waals surface area contributed by atoms with Crippen LogP contribution in [0.15, 0.2) is 113 Å². The predicted molar refractivity (Wildman–Crippen MR) is 184 cm³/mol. The number of aliphatic imine (C=N–C) groups is 1. The van der Waals surface area contributed by atoms with Gasteiger partial charge < -0.3 is 19.3 Å². The number of nitrogens with zero attached hydrogens (tertiary/aromatic N) is 4. The summed E-state index contributed by atoms with van der Waals surface area (Å²) in [5, 5.41) is 12.9. The second-order valence-electron chi connectivity index (χ2n) is 11.4. The van der Waals surface area contributed by atoms with Crippen molar-refractivity contribution in [3.8, 4) is 11.5 Å². The first-order valence-electron chi connectivity index (χ1n) is 16.0. The molecule has 0 fully saturated rings. The van der Waals surface area contributed by atoms with Gasteiger partial charge in [-0.15, -0.1) is 0 Å². The second kappa shape index (κ2) is 17.0. The van der Waals surface area contributed by atoms with Crippen molar-refractivity contribution in [2.75, 3.05) is 26.9 Å². The fourth-order valence-corrected chi connectivity index (χ4v) is 5.65. The normalized spacial score (nSPS) is 16.7. The number of carbonyl (C=O) groups is 1. The highest BCUT2D eigenvalue weighted by atomic mass is 16.5. The number of carbonyl (C=O) groups excluding carboxylic acids is 1. The van der Waals surface area contributed by atoms with Crippen molar-refractivity contribution in [1.82, 2.24) is 10.9 Å². The van der Waals surface area contributed by atoms with Gasteiger partial charge in [-0.1, -0.05) is 71.8 Å². The third-order valence-corrected chi connectivity index (χ3v) is 8.12. The molecule has 4 aromatic rings. The van der Waals surface area contributed by atoms with Gasteiger partial charge in [0.05, 0.1) is 20.3 Å². The van der Waals surface area contributed by atoms with E-state index in [1.165, 1.54) is 5.56 Å². The van der Waals surface area contributed by atoms with Crippen molar-refractivity contribution in [3.63, 3.8) is 0 Å². The van der Waals surface area contributed by atoms with Crippen LogP contribution in [0.25, 0.3) is 10.4 Å². The first kappa shape index (κ1) is 34.0. The lowest BCUT2D eigenvalue weighted by molar-refractivity contribution is -0.130. The van der Waals surface area contributed by atoms with Crippen molar-refractivity contribution < 1.29 is 24.1 Å². The van der Waals surface area contributed by atoms with Gasteiger partial charge in [0.15, 0.2) is 11.6 Å². The summed E-state index contributed by atoms with van der Waals surface area (Å²) < 4.78 is 17.9. The molecule has 1 heterocycles. The maximum absolute atomic E-state index is 14.5.